The molecule has 0 spiro atoms. The highest BCUT2D eigenvalue weighted by molar-refractivity contribution is 7.99. The van der Waals surface area contributed by atoms with E-state index in [0.717, 1.165) is 36.0 Å². The lowest BCUT2D eigenvalue weighted by atomic mass is 10.00. The van der Waals surface area contributed by atoms with E-state index in [-0.39, 0.29) is 5.91 Å². The SMILES string of the molecule is O=C(CSCc1cccc(Cl)c1)NCC1CCCNC1. The van der Waals surface area contributed by atoms with Crippen molar-refractivity contribution in [3.8, 4) is 0 Å². The molecule has 20 heavy (non-hydrogen) atoms. The van der Waals surface area contributed by atoms with Crippen LogP contribution in [-0.4, -0.2) is 31.3 Å². The lowest BCUT2D eigenvalue weighted by Gasteiger charge is -2.22. The molecule has 5 heteroatoms. The molecule has 110 valence electrons. The highest BCUT2D eigenvalue weighted by Crippen LogP contribution is 2.16. The van der Waals surface area contributed by atoms with Crippen molar-refractivity contribution >= 4 is 29.3 Å². The number of piperidine rings is 1. The molecule has 1 fully saturated rings. The van der Waals surface area contributed by atoms with Gasteiger partial charge in [-0.15, -0.1) is 11.8 Å². The van der Waals surface area contributed by atoms with Crippen LogP contribution in [0.4, 0.5) is 0 Å². The lowest BCUT2D eigenvalue weighted by Crippen LogP contribution is -2.38. The van der Waals surface area contributed by atoms with Crippen molar-refractivity contribution in [1.29, 1.82) is 0 Å². The molecule has 1 aromatic rings. The Balaban J connectivity index is 1.60. The number of halogens is 1. The van der Waals surface area contributed by atoms with Gasteiger partial charge in [0.1, 0.15) is 0 Å². The number of hydrogen-bond acceptors (Lipinski definition) is 3. The van der Waals surface area contributed by atoms with Crippen LogP contribution in [0.3, 0.4) is 0 Å². The summed E-state index contributed by atoms with van der Waals surface area (Å²) < 4.78 is 0. The molecule has 1 unspecified atom stereocenters. The number of nitrogens with one attached hydrogen (secondary N) is 2. The predicted molar refractivity (Wildman–Crippen MR) is 86.2 cm³/mol. The first-order valence-corrected chi connectivity index (χ1v) is 8.57. The molecule has 1 atom stereocenters. The molecule has 1 aromatic carbocycles. The van der Waals surface area contributed by atoms with Gasteiger partial charge in [-0.3, -0.25) is 4.79 Å². The third-order valence-electron chi connectivity index (χ3n) is 3.38. The molecular weight excluding hydrogens is 292 g/mol. The molecule has 1 aliphatic heterocycles. The van der Waals surface area contributed by atoms with Crippen molar-refractivity contribution < 1.29 is 4.79 Å². The molecule has 2 rings (SSSR count). The average Bonchev–Trinajstić information content (AvgIpc) is 2.46. The average molecular weight is 313 g/mol. The molecule has 0 saturated carbocycles. The van der Waals surface area contributed by atoms with Crippen LogP contribution < -0.4 is 10.6 Å². The third kappa shape index (κ3) is 5.73. The van der Waals surface area contributed by atoms with Gasteiger partial charge in [-0.05, 0) is 49.5 Å². The quantitative estimate of drug-likeness (QED) is 0.848. The molecule has 0 radical (unpaired) electrons. The normalized spacial score (nSPS) is 18.8. The molecule has 0 bridgehead atoms. The fourth-order valence-corrected chi connectivity index (χ4v) is 3.31. The van der Waals surface area contributed by atoms with Gasteiger partial charge < -0.3 is 10.6 Å². The molecule has 0 aromatic heterocycles. The molecule has 2 N–H and O–H groups in total. The summed E-state index contributed by atoms with van der Waals surface area (Å²) in [6, 6.07) is 7.78. The smallest absolute Gasteiger partial charge is 0.230 e. The Morgan fingerprint density at radius 3 is 3.15 bits per heavy atom. The maximum atomic E-state index is 11.8. The number of thioether (sulfide) groups is 1. The minimum atomic E-state index is 0.127. The summed E-state index contributed by atoms with van der Waals surface area (Å²) in [5, 5.41) is 7.13. The van der Waals surface area contributed by atoms with Gasteiger partial charge in [0, 0.05) is 17.3 Å². The fourth-order valence-electron chi connectivity index (χ4n) is 2.30. The summed E-state index contributed by atoms with van der Waals surface area (Å²) in [5.41, 5.74) is 1.16. The number of rotatable bonds is 6. The second kappa shape index (κ2) is 8.55. The lowest BCUT2D eigenvalue weighted by molar-refractivity contribution is -0.118. The monoisotopic (exact) mass is 312 g/mol. The highest BCUT2D eigenvalue weighted by Gasteiger charge is 2.13. The van der Waals surface area contributed by atoms with Crippen LogP contribution in [0.2, 0.25) is 5.02 Å². The summed E-state index contributed by atoms with van der Waals surface area (Å²) in [5.74, 6) is 2.04. The standard InChI is InChI=1S/C15H21ClN2OS/c16-14-5-1-3-12(7-14)10-20-11-15(19)18-9-13-4-2-6-17-8-13/h1,3,5,7,13,17H,2,4,6,8-11H2,(H,18,19). The fraction of sp³-hybridized carbons (Fsp3) is 0.533. The molecule has 0 aliphatic carbocycles. The molecule has 1 aliphatic rings. The number of amides is 1. The van der Waals surface area contributed by atoms with Crippen LogP contribution in [0.1, 0.15) is 18.4 Å². The number of carbonyl (C=O) groups is 1. The molecule has 1 saturated heterocycles. The Kier molecular flexibility index (Phi) is 6.70. The van der Waals surface area contributed by atoms with E-state index in [2.05, 4.69) is 10.6 Å². The Labute approximate surface area is 129 Å². The summed E-state index contributed by atoms with van der Waals surface area (Å²) in [4.78, 5) is 11.8. The zero-order valence-corrected chi connectivity index (χ0v) is 13.1. The summed E-state index contributed by atoms with van der Waals surface area (Å²) >= 11 is 7.55. The van der Waals surface area contributed by atoms with Crippen LogP contribution in [0, 0.1) is 5.92 Å². The Hall–Kier alpha value is -0.710. The Bertz CT molecular complexity index is 436. The maximum absolute atomic E-state index is 11.8. The molecule has 1 heterocycles. The van der Waals surface area contributed by atoms with E-state index in [4.69, 9.17) is 11.6 Å². The van der Waals surface area contributed by atoms with Crippen LogP contribution in [0.15, 0.2) is 24.3 Å². The van der Waals surface area contributed by atoms with E-state index in [1.54, 1.807) is 11.8 Å². The minimum absolute atomic E-state index is 0.127. The van der Waals surface area contributed by atoms with E-state index < -0.39 is 0 Å². The Morgan fingerprint density at radius 1 is 1.50 bits per heavy atom. The van der Waals surface area contributed by atoms with Crippen LogP contribution in [0.5, 0.6) is 0 Å². The molecular formula is C15H21ClN2OS. The van der Waals surface area contributed by atoms with Crippen molar-refractivity contribution in [2.45, 2.75) is 18.6 Å². The van der Waals surface area contributed by atoms with E-state index >= 15 is 0 Å². The third-order valence-corrected chi connectivity index (χ3v) is 4.62. The molecule has 3 nitrogen and oxygen atoms in total. The highest BCUT2D eigenvalue weighted by atomic mass is 35.5. The number of hydrogen-bond donors (Lipinski definition) is 2. The van der Waals surface area contributed by atoms with Gasteiger partial charge in [0.2, 0.25) is 5.91 Å². The topological polar surface area (TPSA) is 41.1 Å². The summed E-state index contributed by atoms with van der Waals surface area (Å²) in [7, 11) is 0. The van der Waals surface area contributed by atoms with Gasteiger partial charge in [-0.25, -0.2) is 0 Å². The molecule has 1 amide bonds. The van der Waals surface area contributed by atoms with Crippen molar-refractivity contribution in [3.05, 3.63) is 34.9 Å². The van der Waals surface area contributed by atoms with Crippen LogP contribution in [0.25, 0.3) is 0 Å². The summed E-state index contributed by atoms with van der Waals surface area (Å²) in [6.07, 6.45) is 2.42. The first-order valence-electron chi connectivity index (χ1n) is 7.03. The van der Waals surface area contributed by atoms with Crippen molar-refractivity contribution in [3.63, 3.8) is 0 Å². The minimum Gasteiger partial charge on any atom is -0.355 e. The van der Waals surface area contributed by atoms with Crippen LogP contribution in [-0.2, 0) is 10.5 Å². The number of carbonyl (C=O) groups excluding carboxylic acids is 1. The van der Waals surface area contributed by atoms with Gasteiger partial charge in [0.25, 0.3) is 0 Å². The van der Waals surface area contributed by atoms with Crippen molar-refractivity contribution in [2.75, 3.05) is 25.4 Å². The van der Waals surface area contributed by atoms with E-state index in [1.165, 1.54) is 12.8 Å². The van der Waals surface area contributed by atoms with Gasteiger partial charge in [-0.2, -0.15) is 0 Å². The van der Waals surface area contributed by atoms with Crippen molar-refractivity contribution in [1.82, 2.24) is 10.6 Å². The maximum Gasteiger partial charge on any atom is 0.230 e. The Morgan fingerprint density at radius 2 is 2.40 bits per heavy atom. The zero-order valence-electron chi connectivity index (χ0n) is 11.5. The largest absolute Gasteiger partial charge is 0.355 e. The first-order chi connectivity index (χ1) is 9.74. The van der Waals surface area contributed by atoms with Crippen molar-refractivity contribution in [2.24, 2.45) is 5.92 Å². The van der Waals surface area contributed by atoms with E-state index in [1.807, 2.05) is 24.3 Å². The number of benzene rings is 1. The van der Waals surface area contributed by atoms with Gasteiger partial charge in [0.05, 0.1) is 5.75 Å². The first kappa shape index (κ1) is 15.7. The van der Waals surface area contributed by atoms with E-state index in [0.29, 0.717) is 11.7 Å². The van der Waals surface area contributed by atoms with Gasteiger partial charge >= 0.3 is 0 Å². The summed E-state index contributed by atoms with van der Waals surface area (Å²) in [6.45, 7) is 2.93. The van der Waals surface area contributed by atoms with Gasteiger partial charge in [-0.1, -0.05) is 23.7 Å². The second-order valence-corrected chi connectivity index (χ2v) is 6.56. The second-order valence-electron chi connectivity index (χ2n) is 5.14. The zero-order chi connectivity index (χ0) is 14.2. The predicted octanol–water partition coefficient (Wildman–Crippen LogP) is 2.69. The van der Waals surface area contributed by atoms with Crippen LogP contribution >= 0.6 is 23.4 Å². The van der Waals surface area contributed by atoms with E-state index in [9.17, 15) is 4.79 Å². The van der Waals surface area contributed by atoms with Gasteiger partial charge in [0.15, 0.2) is 0 Å².